The van der Waals surface area contributed by atoms with E-state index in [1.54, 1.807) is 6.07 Å². The van der Waals surface area contributed by atoms with Gasteiger partial charge in [0.15, 0.2) is 0 Å². The fourth-order valence-corrected chi connectivity index (χ4v) is 5.26. The number of ether oxygens (including phenoxy) is 1. The van der Waals surface area contributed by atoms with E-state index in [1.807, 2.05) is 13.0 Å². The van der Waals surface area contributed by atoms with Gasteiger partial charge in [0.25, 0.3) is 10.0 Å². The molecule has 2 saturated carbocycles. The molecule has 4 rings (SSSR count). The molecule has 2 aromatic rings. The lowest BCUT2D eigenvalue weighted by molar-refractivity contribution is 0.0120. The highest BCUT2D eigenvalue weighted by Gasteiger charge is 2.36. The molecule has 0 aliphatic heterocycles. The van der Waals surface area contributed by atoms with E-state index in [2.05, 4.69) is 4.72 Å². The molecule has 0 saturated heterocycles. The van der Waals surface area contributed by atoms with E-state index >= 15 is 0 Å². The minimum absolute atomic E-state index is 0.0795. The van der Waals surface area contributed by atoms with Gasteiger partial charge in [-0.3, -0.25) is 4.72 Å². The Morgan fingerprint density at radius 1 is 1.29 bits per heavy atom. The molecule has 0 spiro atoms. The first-order valence-corrected chi connectivity index (χ1v) is 11.8. The molecule has 2 aromatic carbocycles. The largest absolute Gasteiger partial charge is 0.485 e. The smallest absolute Gasteiger partial charge is 0.335 e. The van der Waals surface area contributed by atoms with Crippen molar-refractivity contribution in [3.8, 4) is 11.8 Å². The van der Waals surface area contributed by atoms with Crippen LogP contribution in [-0.2, 0) is 10.0 Å². The lowest BCUT2D eigenvalue weighted by atomic mass is 9.82. The summed E-state index contributed by atoms with van der Waals surface area (Å²) in [4.78, 5) is 11.3. The number of hydrogen-bond acceptors (Lipinski definition) is 5. The van der Waals surface area contributed by atoms with Crippen molar-refractivity contribution in [3.63, 3.8) is 0 Å². The average molecular weight is 461 g/mol. The number of anilines is 1. The molecule has 31 heavy (non-hydrogen) atoms. The van der Waals surface area contributed by atoms with Crippen molar-refractivity contribution in [3.05, 3.63) is 52.0 Å². The minimum atomic E-state index is -4.16. The molecule has 0 unspecified atom stereocenters. The number of sulfonamides is 1. The van der Waals surface area contributed by atoms with Gasteiger partial charge in [-0.2, -0.15) is 5.26 Å². The van der Waals surface area contributed by atoms with E-state index in [-0.39, 0.29) is 38.4 Å². The van der Waals surface area contributed by atoms with Gasteiger partial charge in [-0.15, -0.1) is 0 Å². The third-order valence-corrected chi connectivity index (χ3v) is 7.50. The first kappa shape index (κ1) is 21.5. The van der Waals surface area contributed by atoms with E-state index in [0.29, 0.717) is 5.56 Å². The summed E-state index contributed by atoms with van der Waals surface area (Å²) in [5, 5.41) is 18.8. The molecule has 2 aliphatic rings. The lowest BCUT2D eigenvalue weighted by Gasteiger charge is -2.39. The zero-order valence-electron chi connectivity index (χ0n) is 16.8. The second kappa shape index (κ2) is 7.74. The molecule has 0 atom stereocenters. The number of hydrogen-bond donors (Lipinski definition) is 2. The summed E-state index contributed by atoms with van der Waals surface area (Å²) in [5.74, 6) is -0.893. The van der Waals surface area contributed by atoms with E-state index in [9.17, 15) is 23.6 Å². The first-order chi connectivity index (χ1) is 14.6. The molecule has 0 radical (unpaired) electrons. The molecule has 9 heteroatoms. The fourth-order valence-electron chi connectivity index (χ4n) is 3.68. The van der Waals surface area contributed by atoms with Crippen molar-refractivity contribution >= 4 is 33.3 Å². The fraction of sp³-hybridized carbons (Fsp3) is 0.364. The average Bonchev–Trinajstić information content (AvgIpc) is 3.53. The van der Waals surface area contributed by atoms with Crippen molar-refractivity contribution < 1.29 is 23.1 Å². The zero-order valence-corrected chi connectivity index (χ0v) is 18.4. The van der Waals surface area contributed by atoms with Gasteiger partial charge in [0.05, 0.1) is 26.7 Å². The molecule has 162 valence electrons. The molecule has 0 aromatic heterocycles. The van der Waals surface area contributed by atoms with Gasteiger partial charge in [-0.25, -0.2) is 13.2 Å². The second-order valence-corrected chi connectivity index (χ2v) is 10.3. The number of nitrogens with zero attached hydrogens (tertiary/aromatic N) is 1. The number of carboxylic acids is 1. The summed E-state index contributed by atoms with van der Waals surface area (Å²) in [6, 6.07) is 8.87. The van der Waals surface area contributed by atoms with Gasteiger partial charge in [0, 0.05) is 6.07 Å². The molecule has 0 amide bonds. The number of nitriles is 1. The number of benzene rings is 2. The van der Waals surface area contributed by atoms with Crippen LogP contribution in [0.1, 0.15) is 66.4 Å². The predicted molar refractivity (Wildman–Crippen MR) is 115 cm³/mol. The molecule has 0 bridgehead atoms. The third-order valence-electron chi connectivity index (χ3n) is 5.77. The Kier molecular flexibility index (Phi) is 5.36. The van der Waals surface area contributed by atoms with Gasteiger partial charge < -0.3 is 9.84 Å². The number of rotatable bonds is 7. The van der Waals surface area contributed by atoms with Gasteiger partial charge in [0.2, 0.25) is 0 Å². The molecule has 2 aliphatic carbocycles. The van der Waals surface area contributed by atoms with Crippen molar-refractivity contribution in [2.75, 3.05) is 4.72 Å². The highest BCUT2D eigenvalue weighted by Crippen LogP contribution is 2.44. The van der Waals surface area contributed by atoms with E-state index in [1.165, 1.54) is 24.3 Å². The molecule has 7 nitrogen and oxygen atoms in total. The summed E-state index contributed by atoms with van der Waals surface area (Å²) < 4.78 is 35.3. The van der Waals surface area contributed by atoms with Crippen molar-refractivity contribution in [1.82, 2.24) is 0 Å². The van der Waals surface area contributed by atoms with E-state index < -0.39 is 21.6 Å². The number of carboxylic acid groups (broad SMARTS) is 1. The highest BCUT2D eigenvalue weighted by atomic mass is 35.5. The van der Waals surface area contributed by atoms with Crippen LogP contribution in [-0.4, -0.2) is 25.1 Å². The number of carbonyl (C=O) groups is 1. The topological polar surface area (TPSA) is 116 Å². The summed E-state index contributed by atoms with van der Waals surface area (Å²) in [6.07, 6.45) is 4.35. The second-order valence-electron chi connectivity index (χ2n) is 8.28. The maximum absolute atomic E-state index is 13.3. The quantitative estimate of drug-likeness (QED) is 0.606. The Morgan fingerprint density at radius 2 is 2.00 bits per heavy atom. The lowest BCUT2D eigenvalue weighted by Crippen LogP contribution is -2.39. The van der Waals surface area contributed by atoms with Crippen molar-refractivity contribution in [1.29, 1.82) is 5.26 Å². The van der Waals surface area contributed by atoms with Crippen LogP contribution in [0.25, 0.3) is 0 Å². The Labute approximate surface area is 185 Å². The molecule has 0 heterocycles. The molecular weight excluding hydrogens is 440 g/mol. The Balaban J connectivity index is 1.77. The Bertz CT molecular complexity index is 1210. The van der Waals surface area contributed by atoms with Gasteiger partial charge in [-0.05, 0) is 68.7 Å². The molecule has 2 fully saturated rings. The van der Waals surface area contributed by atoms with E-state index in [4.69, 9.17) is 16.3 Å². The standard InChI is InChI=1S/C22H21ClN2O5S/c1-22(7-2-8-22)30-19-11-17(23)15(12-24)9-18(19)25-31(28,29)20-10-14(21(26)27)5-6-16(20)13-3-4-13/h5-6,9-11,13,25H,2-4,7-8H2,1H3,(H,26,27). The summed E-state index contributed by atoms with van der Waals surface area (Å²) in [7, 11) is -4.16. The number of halogens is 1. The third kappa shape index (κ3) is 4.34. The summed E-state index contributed by atoms with van der Waals surface area (Å²) >= 11 is 6.17. The number of nitrogens with one attached hydrogen (secondary N) is 1. The van der Waals surface area contributed by atoms with Crippen LogP contribution in [0.2, 0.25) is 5.02 Å². The first-order valence-electron chi connectivity index (χ1n) is 9.95. The van der Waals surface area contributed by atoms with Crippen LogP contribution in [0.4, 0.5) is 5.69 Å². The van der Waals surface area contributed by atoms with Gasteiger partial charge in [-0.1, -0.05) is 17.7 Å². The highest BCUT2D eigenvalue weighted by molar-refractivity contribution is 7.92. The maximum atomic E-state index is 13.3. The van der Waals surface area contributed by atoms with Crippen LogP contribution in [0.15, 0.2) is 35.2 Å². The normalized spacial score (nSPS) is 17.3. The van der Waals surface area contributed by atoms with Crippen molar-refractivity contribution in [2.24, 2.45) is 0 Å². The number of aromatic carboxylic acids is 1. The van der Waals surface area contributed by atoms with Crippen molar-refractivity contribution in [2.45, 2.75) is 55.4 Å². The Hall–Kier alpha value is -2.76. The van der Waals surface area contributed by atoms with Crippen LogP contribution in [0, 0.1) is 11.3 Å². The van der Waals surface area contributed by atoms with Crippen LogP contribution < -0.4 is 9.46 Å². The van der Waals surface area contributed by atoms with E-state index in [0.717, 1.165) is 32.1 Å². The Morgan fingerprint density at radius 3 is 2.55 bits per heavy atom. The molecule has 2 N–H and O–H groups in total. The van der Waals surface area contributed by atoms with Crippen LogP contribution >= 0.6 is 11.6 Å². The van der Waals surface area contributed by atoms with Gasteiger partial charge in [0.1, 0.15) is 17.4 Å². The van der Waals surface area contributed by atoms with Gasteiger partial charge >= 0.3 is 5.97 Å². The predicted octanol–water partition coefficient (Wildman–Crippen LogP) is 4.91. The summed E-state index contributed by atoms with van der Waals surface area (Å²) in [5.41, 5.74) is 0.237. The monoisotopic (exact) mass is 460 g/mol. The summed E-state index contributed by atoms with van der Waals surface area (Å²) in [6.45, 7) is 1.93. The minimum Gasteiger partial charge on any atom is -0.485 e. The van der Waals surface area contributed by atoms with Crippen LogP contribution in [0.3, 0.4) is 0 Å². The molecular formula is C22H21ClN2O5S. The SMILES string of the molecule is CC1(Oc2cc(Cl)c(C#N)cc2NS(=O)(=O)c2cc(C(=O)O)ccc2C2CC2)CCC1. The van der Waals surface area contributed by atoms with Crippen LogP contribution in [0.5, 0.6) is 5.75 Å². The maximum Gasteiger partial charge on any atom is 0.335 e. The zero-order chi connectivity index (χ0) is 22.4.